The maximum Gasteiger partial charge on any atom is 0.291 e. The average molecular weight is 389 g/mol. The fraction of sp³-hybridized carbons (Fsp3) is 0.105. The molecular weight excluding hydrogens is 373 g/mol. The standard InChI is InChI=1S/C19H16FNO5S/c1-27(23,24)12-14-10-11-17(26-14)19(22)21-18-15(20)8-5-9-16(18)25-13-6-3-2-4-7-13/h2-11H,12H2,1H3,(H,21,22). The Morgan fingerprint density at radius 1 is 1.07 bits per heavy atom. The van der Waals surface area contributed by atoms with E-state index in [1.54, 1.807) is 24.3 Å². The number of sulfone groups is 1. The zero-order chi connectivity index (χ0) is 19.4. The second kappa shape index (κ2) is 7.63. The fourth-order valence-corrected chi connectivity index (χ4v) is 3.01. The van der Waals surface area contributed by atoms with E-state index in [0.717, 1.165) is 6.26 Å². The first-order chi connectivity index (χ1) is 12.8. The normalized spacial score (nSPS) is 11.2. The van der Waals surface area contributed by atoms with E-state index in [2.05, 4.69) is 5.32 Å². The van der Waals surface area contributed by atoms with Gasteiger partial charge in [-0.3, -0.25) is 4.79 Å². The summed E-state index contributed by atoms with van der Waals surface area (Å²) in [5.41, 5.74) is -0.146. The van der Waals surface area contributed by atoms with Crippen molar-refractivity contribution in [2.45, 2.75) is 5.75 Å². The van der Waals surface area contributed by atoms with Gasteiger partial charge in [0.25, 0.3) is 5.91 Å². The van der Waals surface area contributed by atoms with Gasteiger partial charge in [-0.2, -0.15) is 0 Å². The molecule has 0 atom stereocenters. The number of carbonyl (C=O) groups is 1. The lowest BCUT2D eigenvalue weighted by molar-refractivity contribution is 0.0994. The summed E-state index contributed by atoms with van der Waals surface area (Å²) in [5.74, 6) is -1.15. The third kappa shape index (κ3) is 4.95. The van der Waals surface area contributed by atoms with Crippen LogP contribution in [0.5, 0.6) is 11.5 Å². The van der Waals surface area contributed by atoms with E-state index in [4.69, 9.17) is 9.15 Å². The van der Waals surface area contributed by atoms with E-state index in [1.807, 2.05) is 6.07 Å². The number of carbonyl (C=O) groups excluding carboxylic acids is 1. The Bertz CT molecular complexity index is 1060. The van der Waals surface area contributed by atoms with Crippen molar-refractivity contribution in [1.29, 1.82) is 0 Å². The van der Waals surface area contributed by atoms with Crippen LogP contribution in [0.15, 0.2) is 65.1 Å². The van der Waals surface area contributed by atoms with Gasteiger partial charge in [-0.05, 0) is 36.4 Å². The van der Waals surface area contributed by atoms with Gasteiger partial charge in [0.1, 0.15) is 22.9 Å². The third-order valence-electron chi connectivity index (χ3n) is 3.47. The Labute approximate surface area is 155 Å². The van der Waals surface area contributed by atoms with Crippen LogP contribution in [0.3, 0.4) is 0 Å². The molecule has 0 spiro atoms. The highest BCUT2D eigenvalue weighted by Crippen LogP contribution is 2.32. The summed E-state index contributed by atoms with van der Waals surface area (Å²) >= 11 is 0. The number of nitrogens with one attached hydrogen (secondary N) is 1. The van der Waals surface area contributed by atoms with E-state index in [9.17, 15) is 17.6 Å². The highest BCUT2D eigenvalue weighted by Gasteiger charge is 2.18. The van der Waals surface area contributed by atoms with Crippen molar-refractivity contribution in [3.63, 3.8) is 0 Å². The van der Waals surface area contributed by atoms with E-state index < -0.39 is 21.6 Å². The summed E-state index contributed by atoms with van der Waals surface area (Å²) in [4.78, 5) is 12.4. The van der Waals surface area contributed by atoms with Gasteiger partial charge in [0, 0.05) is 6.26 Å². The van der Waals surface area contributed by atoms with E-state index in [1.165, 1.54) is 30.3 Å². The minimum Gasteiger partial charge on any atom is -0.455 e. The Morgan fingerprint density at radius 3 is 2.52 bits per heavy atom. The molecule has 3 aromatic rings. The Balaban J connectivity index is 1.82. The maximum atomic E-state index is 14.3. The summed E-state index contributed by atoms with van der Waals surface area (Å²) in [7, 11) is -3.30. The number of amides is 1. The SMILES string of the molecule is CS(=O)(=O)Cc1ccc(C(=O)Nc2c(F)cccc2Oc2ccccc2)o1. The number of para-hydroxylation sites is 2. The number of anilines is 1. The van der Waals surface area contributed by atoms with Crippen molar-refractivity contribution in [3.05, 3.63) is 78.0 Å². The second-order valence-electron chi connectivity index (χ2n) is 5.82. The molecule has 0 aliphatic carbocycles. The highest BCUT2D eigenvalue weighted by molar-refractivity contribution is 7.89. The first kappa shape index (κ1) is 18.7. The molecular formula is C19H16FNO5S. The number of halogens is 1. The molecule has 1 amide bonds. The lowest BCUT2D eigenvalue weighted by Crippen LogP contribution is -2.13. The van der Waals surface area contributed by atoms with Gasteiger partial charge in [0.15, 0.2) is 27.2 Å². The van der Waals surface area contributed by atoms with Crippen molar-refractivity contribution < 1.29 is 26.8 Å². The van der Waals surface area contributed by atoms with Crippen molar-refractivity contribution in [1.82, 2.24) is 0 Å². The largest absolute Gasteiger partial charge is 0.455 e. The maximum absolute atomic E-state index is 14.3. The number of hydrogen-bond donors (Lipinski definition) is 1. The molecule has 1 N–H and O–H groups in total. The predicted octanol–water partition coefficient (Wildman–Crippen LogP) is 4.01. The topological polar surface area (TPSA) is 85.6 Å². The summed E-state index contributed by atoms with van der Waals surface area (Å²) < 4.78 is 47.7. The van der Waals surface area contributed by atoms with E-state index >= 15 is 0 Å². The van der Waals surface area contributed by atoms with Gasteiger partial charge in [-0.1, -0.05) is 24.3 Å². The minimum atomic E-state index is -3.30. The van der Waals surface area contributed by atoms with Crippen molar-refractivity contribution in [2.75, 3.05) is 11.6 Å². The van der Waals surface area contributed by atoms with Crippen molar-refractivity contribution >= 4 is 21.4 Å². The molecule has 0 aliphatic rings. The van der Waals surface area contributed by atoms with E-state index in [0.29, 0.717) is 5.75 Å². The predicted molar refractivity (Wildman–Crippen MR) is 98.1 cm³/mol. The molecule has 8 heteroatoms. The molecule has 27 heavy (non-hydrogen) atoms. The Morgan fingerprint density at radius 2 is 1.81 bits per heavy atom. The van der Waals surface area contributed by atoms with Crippen LogP contribution in [-0.2, 0) is 15.6 Å². The van der Waals surface area contributed by atoms with Gasteiger partial charge in [0.2, 0.25) is 0 Å². The Kier molecular flexibility index (Phi) is 5.27. The first-order valence-electron chi connectivity index (χ1n) is 7.91. The number of rotatable bonds is 6. The fourth-order valence-electron chi connectivity index (χ4n) is 2.34. The summed E-state index contributed by atoms with van der Waals surface area (Å²) in [6.45, 7) is 0. The molecule has 0 saturated carbocycles. The third-order valence-corrected chi connectivity index (χ3v) is 4.28. The lowest BCUT2D eigenvalue weighted by Gasteiger charge is -2.12. The van der Waals surface area contributed by atoms with Crippen molar-refractivity contribution in [2.24, 2.45) is 0 Å². The summed E-state index contributed by atoms with van der Waals surface area (Å²) in [6.07, 6.45) is 1.06. The van der Waals surface area contributed by atoms with Crippen LogP contribution >= 0.6 is 0 Å². The van der Waals surface area contributed by atoms with Gasteiger partial charge in [-0.15, -0.1) is 0 Å². The van der Waals surface area contributed by atoms with Crippen LogP contribution < -0.4 is 10.1 Å². The van der Waals surface area contributed by atoms with Crippen LogP contribution in [-0.4, -0.2) is 20.6 Å². The molecule has 2 aromatic carbocycles. The molecule has 0 bridgehead atoms. The molecule has 1 heterocycles. The van der Waals surface area contributed by atoms with E-state index in [-0.39, 0.29) is 28.7 Å². The minimum absolute atomic E-state index is 0.122. The smallest absolute Gasteiger partial charge is 0.291 e. The monoisotopic (exact) mass is 389 g/mol. The quantitative estimate of drug-likeness (QED) is 0.688. The van der Waals surface area contributed by atoms with Gasteiger partial charge >= 0.3 is 0 Å². The number of ether oxygens (including phenoxy) is 1. The van der Waals surface area contributed by atoms with Gasteiger partial charge < -0.3 is 14.5 Å². The molecule has 0 fully saturated rings. The molecule has 6 nitrogen and oxygen atoms in total. The van der Waals surface area contributed by atoms with Crippen LogP contribution in [0.25, 0.3) is 0 Å². The zero-order valence-electron chi connectivity index (χ0n) is 14.3. The number of hydrogen-bond acceptors (Lipinski definition) is 5. The summed E-state index contributed by atoms with van der Waals surface area (Å²) in [5, 5.41) is 2.41. The van der Waals surface area contributed by atoms with Gasteiger partial charge in [0.05, 0.1) is 0 Å². The molecule has 0 saturated heterocycles. The van der Waals surface area contributed by atoms with Crippen LogP contribution in [0.2, 0.25) is 0 Å². The van der Waals surface area contributed by atoms with Gasteiger partial charge in [-0.25, -0.2) is 12.8 Å². The Hall–Kier alpha value is -3.13. The first-order valence-corrected chi connectivity index (χ1v) is 9.97. The number of furan rings is 1. The van der Waals surface area contributed by atoms with Crippen LogP contribution in [0.1, 0.15) is 16.3 Å². The van der Waals surface area contributed by atoms with Crippen LogP contribution in [0.4, 0.5) is 10.1 Å². The molecule has 3 rings (SSSR count). The molecule has 0 radical (unpaired) electrons. The lowest BCUT2D eigenvalue weighted by atomic mass is 10.2. The second-order valence-corrected chi connectivity index (χ2v) is 7.96. The van der Waals surface area contributed by atoms with Crippen molar-refractivity contribution in [3.8, 4) is 11.5 Å². The average Bonchev–Trinajstić information content (AvgIpc) is 3.05. The highest BCUT2D eigenvalue weighted by atomic mass is 32.2. The molecule has 0 unspecified atom stereocenters. The molecule has 0 aliphatic heterocycles. The number of benzene rings is 2. The zero-order valence-corrected chi connectivity index (χ0v) is 15.1. The molecule has 1 aromatic heterocycles. The summed E-state index contributed by atoms with van der Waals surface area (Å²) in [6, 6.07) is 15.6. The van der Waals surface area contributed by atoms with Crippen LogP contribution in [0, 0.1) is 5.82 Å². The molecule has 140 valence electrons.